The van der Waals surface area contributed by atoms with E-state index in [2.05, 4.69) is 10.1 Å². The maximum Gasteiger partial charge on any atom is 0.313 e. The smallest absolute Gasteiger partial charge is 0.313 e. The van der Waals surface area contributed by atoms with Gasteiger partial charge in [0.25, 0.3) is 0 Å². The number of hydrogen-bond acceptors (Lipinski definition) is 4. The SMILES string of the molecule is CCOC(=O)CC(=O)C1C[C@@H](F)CN1. The Morgan fingerprint density at radius 1 is 1.57 bits per heavy atom. The van der Waals surface area contributed by atoms with E-state index in [4.69, 9.17) is 0 Å². The third kappa shape index (κ3) is 3.06. The first-order valence-corrected chi connectivity index (χ1v) is 4.69. The molecule has 0 aromatic heterocycles. The first-order chi connectivity index (χ1) is 6.63. The van der Waals surface area contributed by atoms with Crippen molar-refractivity contribution in [3.63, 3.8) is 0 Å². The van der Waals surface area contributed by atoms with Crippen LogP contribution in [-0.2, 0) is 14.3 Å². The Kier molecular flexibility index (Phi) is 4.00. The molecular weight excluding hydrogens is 189 g/mol. The summed E-state index contributed by atoms with van der Waals surface area (Å²) in [4.78, 5) is 22.3. The van der Waals surface area contributed by atoms with Crippen LogP contribution in [0, 0.1) is 0 Å². The molecule has 1 fully saturated rings. The maximum atomic E-state index is 12.7. The molecule has 0 bridgehead atoms. The lowest BCUT2D eigenvalue weighted by molar-refractivity contribution is -0.145. The third-order valence-corrected chi connectivity index (χ3v) is 2.09. The molecule has 0 saturated carbocycles. The summed E-state index contributed by atoms with van der Waals surface area (Å²) >= 11 is 0. The molecule has 0 aromatic carbocycles. The summed E-state index contributed by atoms with van der Waals surface area (Å²) < 4.78 is 17.3. The Morgan fingerprint density at radius 3 is 2.79 bits per heavy atom. The van der Waals surface area contributed by atoms with Crippen LogP contribution in [0.3, 0.4) is 0 Å². The van der Waals surface area contributed by atoms with Gasteiger partial charge in [-0.3, -0.25) is 9.59 Å². The van der Waals surface area contributed by atoms with E-state index in [0.717, 1.165) is 0 Å². The molecule has 0 aliphatic carbocycles. The minimum atomic E-state index is -0.980. The van der Waals surface area contributed by atoms with Crippen LogP contribution in [0.2, 0.25) is 0 Å². The molecule has 4 nitrogen and oxygen atoms in total. The highest BCUT2D eigenvalue weighted by Crippen LogP contribution is 2.12. The predicted octanol–water partition coefficient (Wildman–Crippen LogP) is 0.209. The van der Waals surface area contributed by atoms with Crippen molar-refractivity contribution in [2.75, 3.05) is 13.2 Å². The quantitative estimate of drug-likeness (QED) is 0.524. The number of carbonyl (C=O) groups is 2. The van der Waals surface area contributed by atoms with Crippen LogP contribution in [0.5, 0.6) is 0 Å². The zero-order valence-electron chi connectivity index (χ0n) is 8.09. The van der Waals surface area contributed by atoms with E-state index in [9.17, 15) is 14.0 Å². The lowest BCUT2D eigenvalue weighted by Gasteiger charge is -2.07. The van der Waals surface area contributed by atoms with Crippen LogP contribution in [0.25, 0.3) is 0 Å². The zero-order chi connectivity index (χ0) is 10.6. The molecule has 2 atom stereocenters. The molecule has 1 saturated heterocycles. The second-order valence-corrected chi connectivity index (χ2v) is 3.24. The van der Waals surface area contributed by atoms with E-state index in [-0.39, 0.29) is 31.8 Å². The normalized spacial score (nSPS) is 26.1. The molecule has 5 heteroatoms. The molecule has 0 spiro atoms. The summed E-state index contributed by atoms with van der Waals surface area (Å²) in [6, 6.07) is -0.519. The van der Waals surface area contributed by atoms with E-state index in [1.807, 2.05) is 0 Å². The van der Waals surface area contributed by atoms with Crippen molar-refractivity contribution in [2.45, 2.75) is 32.0 Å². The van der Waals surface area contributed by atoms with Gasteiger partial charge in [-0.05, 0) is 6.92 Å². The van der Waals surface area contributed by atoms with Crippen molar-refractivity contribution in [1.29, 1.82) is 0 Å². The molecule has 0 amide bonds. The maximum absolute atomic E-state index is 12.7. The molecule has 0 radical (unpaired) electrons. The average molecular weight is 203 g/mol. The fraction of sp³-hybridized carbons (Fsp3) is 0.778. The Morgan fingerprint density at radius 2 is 2.29 bits per heavy atom. The van der Waals surface area contributed by atoms with Crippen LogP contribution in [0.4, 0.5) is 4.39 Å². The van der Waals surface area contributed by atoms with Crippen LogP contribution in [0.1, 0.15) is 19.8 Å². The summed E-state index contributed by atoms with van der Waals surface area (Å²) in [5.41, 5.74) is 0. The Hall–Kier alpha value is -0.970. The molecule has 1 rings (SSSR count). The molecule has 1 aliphatic rings. The van der Waals surface area contributed by atoms with Gasteiger partial charge < -0.3 is 10.1 Å². The Balaban J connectivity index is 2.31. The number of hydrogen-bond donors (Lipinski definition) is 1. The van der Waals surface area contributed by atoms with Crippen molar-refractivity contribution in [2.24, 2.45) is 0 Å². The molecule has 1 heterocycles. The first-order valence-electron chi connectivity index (χ1n) is 4.69. The predicted molar refractivity (Wildman–Crippen MR) is 47.6 cm³/mol. The van der Waals surface area contributed by atoms with Gasteiger partial charge in [0.1, 0.15) is 12.6 Å². The summed E-state index contributed by atoms with van der Waals surface area (Å²) in [5, 5.41) is 2.72. The summed E-state index contributed by atoms with van der Waals surface area (Å²) in [5.74, 6) is -0.829. The zero-order valence-corrected chi connectivity index (χ0v) is 8.09. The molecular formula is C9H14FNO3. The van der Waals surface area contributed by atoms with E-state index in [0.29, 0.717) is 0 Å². The van der Waals surface area contributed by atoms with Gasteiger partial charge in [0.05, 0.1) is 12.6 Å². The molecule has 1 N–H and O–H groups in total. The number of esters is 1. The number of halogens is 1. The van der Waals surface area contributed by atoms with Crippen LogP contribution in [-0.4, -0.2) is 37.1 Å². The minimum absolute atomic E-state index is 0.165. The lowest BCUT2D eigenvalue weighted by Crippen LogP contribution is -2.32. The standard InChI is InChI=1S/C9H14FNO3/c1-2-14-9(13)4-8(12)7-3-6(10)5-11-7/h6-7,11H,2-5H2,1H3/t6-,7?/m1/s1. The van der Waals surface area contributed by atoms with Crippen LogP contribution in [0.15, 0.2) is 0 Å². The van der Waals surface area contributed by atoms with Gasteiger partial charge in [0.15, 0.2) is 5.78 Å². The summed E-state index contributed by atoms with van der Waals surface area (Å²) in [6.07, 6.45) is -1.08. The van der Waals surface area contributed by atoms with E-state index < -0.39 is 18.2 Å². The number of alkyl halides is 1. The number of Topliss-reactive ketones (excluding diaryl/α,β-unsaturated/α-hetero) is 1. The molecule has 80 valence electrons. The summed E-state index contributed by atoms with van der Waals surface area (Å²) in [6.45, 7) is 2.13. The highest BCUT2D eigenvalue weighted by atomic mass is 19.1. The largest absolute Gasteiger partial charge is 0.466 e. The number of carbonyl (C=O) groups excluding carboxylic acids is 2. The molecule has 1 unspecified atom stereocenters. The van der Waals surface area contributed by atoms with E-state index in [1.54, 1.807) is 6.92 Å². The van der Waals surface area contributed by atoms with Gasteiger partial charge in [-0.15, -0.1) is 0 Å². The second kappa shape index (κ2) is 5.05. The number of ether oxygens (including phenoxy) is 1. The Labute approximate surface area is 81.8 Å². The fourth-order valence-corrected chi connectivity index (χ4v) is 1.42. The van der Waals surface area contributed by atoms with Crippen molar-refractivity contribution in [1.82, 2.24) is 5.32 Å². The molecule has 1 aliphatic heterocycles. The van der Waals surface area contributed by atoms with Crippen LogP contribution >= 0.6 is 0 Å². The van der Waals surface area contributed by atoms with Gasteiger partial charge in [0, 0.05) is 13.0 Å². The first kappa shape index (κ1) is 11.1. The minimum Gasteiger partial charge on any atom is -0.466 e. The number of ketones is 1. The highest BCUT2D eigenvalue weighted by Gasteiger charge is 2.30. The van der Waals surface area contributed by atoms with Crippen LogP contribution < -0.4 is 5.32 Å². The highest BCUT2D eigenvalue weighted by molar-refractivity contribution is 5.98. The monoisotopic (exact) mass is 203 g/mol. The van der Waals surface area contributed by atoms with Crippen molar-refractivity contribution in [3.05, 3.63) is 0 Å². The average Bonchev–Trinajstić information content (AvgIpc) is 2.52. The summed E-state index contributed by atoms with van der Waals surface area (Å²) in [7, 11) is 0. The van der Waals surface area contributed by atoms with Gasteiger partial charge in [0.2, 0.25) is 0 Å². The second-order valence-electron chi connectivity index (χ2n) is 3.24. The topological polar surface area (TPSA) is 55.4 Å². The van der Waals surface area contributed by atoms with E-state index >= 15 is 0 Å². The van der Waals surface area contributed by atoms with Gasteiger partial charge in [-0.1, -0.05) is 0 Å². The molecule has 0 aromatic rings. The van der Waals surface area contributed by atoms with Gasteiger partial charge in [-0.2, -0.15) is 0 Å². The lowest BCUT2D eigenvalue weighted by atomic mass is 10.1. The van der Waals surface area contributed by atoms with Gasteiger partial charge >= 0.3 is 5.97 Å². The van der Waals surface area contributed by atoms with E-state index in [1.165, 1.54) is 0 Å². The molecule has 14 heavy (non-hydrogen) atoms. The number of rotatable bonds is 4. The fourth-order valence-electron chi connectivity index (χ4n) is 1.42. The number of nitrogens with one attached hydrogen (secondary N) is 1. The van der Waals surface area contributed by atoms with Crippen molar-refractivity contribution >= 4 is 11.8 Å². The van der Waals surface area contributed by atoms with Gasteiger partial charge in [-0.25, -0.2) is 4.39 Å². The Bertz CT molecular complexity index is 232. The van der Waals surface area contributed by atoms with Crippen molar-refractivity contribution in [3.8, 4) is 0 Å². The third-order valence-electron chi connectivity index (χ3n) is 2.09. The van der Waals surface area contributed by atoms with Crippen molar-refractivity contribution < 1.29 is 18.7 Å².